The van der Waals surface area contributed by atoms with Crippen LogP contribution in [-0.4, -0.2) is 88.7 Å². The third kappa shape index (κ3) is 7.52. The lowest BCUT2D eigenvalue weighted by Crippen LogP contribution is -2.52. The minimum Gasteiger partial charge on any atom is -0.384 e. The van der Waals surface area contributed by atoms with Crippen molar-refractivity contribution in [3.8, 4) is 0 Å². The van der Waals surface area contributed by atoms with Gasteiger partial charge in [-0.2, -0.15) is 0 Å². The highest BCUT2D eigenvalue weighted by Crippen LogP contribution is 2.33. The SMILES string of the molecule is CC(NC(=O)[C@@H]1C[C@H](n2nncc2C(C)(C)O)CN1C(=O)/C(CC1CCCCC1)=N/C(=O)c1ncccn1)C(=O)C(N)=O. The highest BCUT2D eigenvalue weighted by atomic mass is 16.3. The number of carbonyl (C=O) groups excluding carboxylic acids is 5. The van der Waals surface area contributed by atoms with E-state index in [1.807, 2.05) is 0 Å². The molecule has 0 radical (unpaired) electrons. The molecule has 0 spiro atoms. The molecule has 1 aliphatic carbocycles. The van der Waals surface area contributed by atoms with Gasteiger partial charge in [-0.1, -0.05) is 37.3 Å². The fourth-order valence-corrected chi connectivity index (χ4v) is 5.60. The van der Waals surface area contributed by atoms with E-state index in [0.717, 1.165) is 32.1 Å². The van der Waals surface area contributed by atoms with Crippen LogP contribution in [0.5, 0.6) is 0 Å². The Kier molecular flexibility index (Phi) is 9.73. The summed E-state index contributed by atoms with van der Waals surface area (Å²) < 4.78 is 1.46. The van der Waals surface area contributed by atoms with Crippen LogP contribution in [0, 0.1) is 5.92 Å². The van der Waals surface area contributed by atoms with E-state index < -0.39 is 53.1 Å². The lowest BCUT2D eigenvalue weighted by molar-refractivity contribution is -0.139. The molecule has 4 amide bonds. The van der Waals surface area contributed by atoms with Crippen LogP contribution in [-0.2, 0) is 24.8 Å². The van der Waals surface area contributed by atoms with Crippen LogP contribution in [0.25, 0.3) is 0 Å². The fourth-order valence-electron chi connectivity index (χ4n) is 5.60. The molecule has 230 valence electrons. The highest BCUT2D eigenvalue weighted by Gasteiger charge is 2.44. The number of primary amides is 1. The molecular formula is C28H37N9O6. The number of amides is 4. The molecular weight excluding hydrogens is 558 g/mol. The van der Waals surface area contributed by atoms with Crippen molar-refractivity contribution in [1.82, 2.24) is 35.2 Å². The Morgan fingerprint density at radius 3 is 2.44 bits per heavy atom. The molecule has 4 rings (SSSR count). The molecule has 2 aliphatic rings. The molecule has 2 aromatic heterocycles. The lowest BCUT2D eigenvalue weighted by Gasteiger charge is -2.27. The van der Waals surface area contributed by atoms with Gasteiger partial charge in [-0.25, -0.2) is 19.6 Å². The van der Waals surface area contributed by atoms with Crippen LogP contribution in [0.2, 0.25) is 0 Å². The molecule has 1 saturated carbocycles. The molecule has 15 heteroatoms. The van der Waals surface area contributed by atoms with Gasteiger partial charge in [0.25, 0.3) is 11.8 Å². The summed E-state index contributed by atoms with van der Waals surface area (Å²) in [6.45, 7) is 4.42. The molecule has 2 aromatic rings. The van der Waals surface area contributed by atoms with Crippen molar-refractivity contribution >= 4 is 35.1 Å². The van der Waals surface area contributed by atoms with Gasteiger partial charge in [-0.3, -0.25) is 24.0 Å². The lowest BCUT2D eigenvalue weighted by atomic mass is 9.85. The van der Waals surface area contributed by atoms with E-state index in [4.69, 9.17) is 5.73 Å². The average Bonchev–Trinajstić information content (AvgIpc) is 3.65. The topological polar surface area (TPSA) is 216 Å². The smallest absolute Gasteiger partial charge is 0.315 e. The zero-order valence-corrected chi connectivity index (χ0v) is 24.5. The maximum atomic E-state index is 14.2. The highest BCUT2D eigenvalue weighted by molar-refractivity contribution is 6.41. The largest absolute Gasteiger partial charge is 0.384 e. The zero-order valence-electron chi connectivity index (χ0n) is 24.5. The second kappa shape index (κ2) is 13.3. The molecule has 43 heavy (non-hydrogen) atoms. The summed E-state index contributed by atoms with van der Waals surface area (Å²) >= 11 is 0. The number of ketones is 1. The van der Waals surface area contributed by atoms with E-state index >= 15 is 0 Å². The first-order valence-electron chi connectivity index (χ1n) is 14.3. The number of nitrogens with zero attached hydrogens (tertiary/aromatic N) is 7. The second-order valence-corrected chi connectivity index (χ2v) is 11.6. The number of nitrogens with two attached hydrogens (primary N) is 1. The van der Waals surface area contributed by atoms with Crippen molar-refractivity contribution in [1.29, 1.82) is 0 Å². The summed E-state index contributed by atoms with van der Waals surface area (Å²) in [5.41, 5.74) is 4.13. The van der Waals surface area contributed by atoms with Crippen molar-refractivity contribution < 1.29 is 29.1 Å². The number of carbonyl (C=O) groups is 5. The summed E-state index contributed by atoms with van der Waals surface area (Å²) in [5, 5.41) is 21.2. The van der Waals surface area contributed by atoms with Gasteiger partial charge in [0.2, 0.25) is 17.5 Å². The van der Waals surface area contributed by atoms with Crippen LogP contribution in [0.4, 0.5) is 0 Å². The van der Waals surface area contributed by atoms with Crippen LogP contribution in [0.15, 0.2) is 29.6 Å². The van der Waals surface area contributed by atoms with E-state index in [1.165, 1.54) is 35.1 Å². The molecule has 1 aliphatic heterocycles. The van der Waals surface area contributed by atoms with Gasteiger partial charge >= 0.3 is 5.91 Å². The van der Waals surface area contributed by atoms with Crippen molar-refractivity contribution in [3.05, 3.63) is 36.2 Å². The first-order valence-corrected chi connectivity index (χ1v) is 14.3. The Balaban J connectivity index is 1.69. The zero-order chi connectivity index (χ0) is 31.3. The van der Waals surface area contributed by atoms with Gasteiger partial charge in [0.1, 0.15) is 17.4 Å². The number of hydrogen-bond donors (Lipinski definition) is 3. The average molecular weight is 596 g/mol. The number of hydrogen-bond acceptors (Lipinski definition) is 10. The number of aliphatic hydroxyl groups is 1. The standard InChI is InChI=1S/C28H37N9O6/c1-16(22(38)23(29)39)33-25(40)20-13-18(37-21(14-32-35-37)28(2,3)43)15-36(20)27(42)19(12-17-8-5-4-6-9-17)34-26(41)24-30-10-7-11-31-24/h7,10-11,14,16-18,20,43H,4-6,8-9,12-13,15H2,1-3H3,(H2,29,39)(H,33,40)/b34-19+/t16?,18-,20-/m0/s1. The van der Waals surface area contributed by atoms with Gasteiger partial charge in [-0.05, 0) is 39.2 Å². The Morgan fingerprint density at radius 1 is 1.14 bits per heavy atom. The predicted molar refractivity (Wildman–Crippen MR) is 151 cm³/mol. The molecule has 4 N–H and O–H groups in total. The van der Waals surface area contributed by atoms with Gasteiger partial charge in [-0.15, -0.1) is 5.10 Å². The van der Waals surface area contributed by atoms with Gasteiger partial charge < -0.3 is 21.1 Å². The molecule has 2 fully saturated rings. The maximum absolute atomic E-state index is 14.2. The third-order valence-corrected chi connectivity index (χ3v) is 7.83. The maximum Gasteiger partial charge on any atom is 0.315 e. The van der Waals surface area contributed by atoms with Crippen molar-refractivity contribution in [2.45, 2.75) is 89.4 Å². The van der Waals surface area contributed by atoms with Crippen molar-refractivity contribution in [3.63, 3.8) is 0 Å². The normalized spacial score (nSPS) is 20.5. The molecule has 0 aromatic carbocycles. The number of nitrogens with one attached hydrogen (secondary N) is 1. The van der Waals surface area contributed by atoms with Crippen LogP contribution in [0.1, 0.15) is 88.1 Å². The molecule has 3 atom stereocenters. The van der Waals surface area contributed by atoms with Crippen molar-refractivity contribution in [2.24, 2.45) is 16.6 Å². The van der Waals surface area contributed by atoms with E-state index in [9.17, 15) is 29.1 Å². The van der Waals surface area contributed by atoms with Crippen LogP contribution >= 0.6 is 0 Å². The Hall–Kier alpha value is -4.40. The van der Waals surface area contributed by atoms with Gasteiger partial charge in [0, 0.05) is 25.4 Å². The summed E-state index contributed by atoms with van der Waals surface area (Å²) in [5.74, 6) is -4.34. The van der Waals surface area contributed by atoms with Gasteiger partial charge in [0.05, 0.1) is 24.0 Å². The Labute approximate surface area is 248 Å². The van der Waals surface area contributed by atoms with Crippen LogP contribution < -0.4 is 11.1 Å². The number of aromatic nitrogens is 5. The van der Waals surface area contributed by atoms with E-state index in [0.29, 0.717) is 5.69 Å². The minimum absolute atomic E-state index is 0.0228. The first-order chi connectivity index (χ1) is 20.4. The summed E-state index contributed by atoms with van der Waals surface area (Å²) in [4.78, 5) is 77.7. The fraction of sp³-hybridized carbons (Fsp3) is 0.571. The van der Waals surface area contributed by atoms with Gasteiger partial charge in [0.15, 0.2) is 0 Å². The summed E-state index contributed by atoms with van der Waals surface area (Å²) in [6.07, 6.45) is 9.30. The first kappa shape index (κ1) is 31.5. The van der Waals surface area contributed by atoms with Crippen LogP contribution in [0.3, 0.4) is 0 Å². The third-order valence-electron chi connectivity index (χ3n) is 7.83. The predicted octanol–water partition coefficient (Wildman–Crippen LogP) is 0.248. The quantitative estimate of drug-likeness (QED) is 0.251. The Bertz CT molecular complexity index is 1390. The number of likely N-dealkylation sites (tertiary alicyclic amines) is 1. The van der Waals surface area contributed by atoms with Crippen molar-refractivity contribution in [2.75, 3.05) is 6.54 Å². The minimum atomic E-state index is -1.32. The molecule has 15 nitrogen and oxygen atoms in total. The van der Waals surface area contributed by atoms with E-state index in [1.54, 1.807) is 19.9 Å². The molecule has 1 unspecified atom stereocenters. The summed E-state index contributed by atoms with van der Waals surface area (Å²) in [6, 6.07) is -1.39. The Morgan fingerprint density at radius 2 is 1.81 bits per heavy atom. The molecule has 0 bridgehead atoms. The van der Waals surface area contributed by atoms with E-state index in [2.05, 4.69) is 30.6 Å². The monoisotopic (exact) mass is 595 g/mol. The number of aliphatic imine (C=N–C) groups is 1. The molecule has 1 saturated heterocycles. The number of rotatable bonds is 10. The second-order valence-electron chi connectivity index (χ2n) is 11.6. The number of Topliss-reactive ketones (excluding diaryl/α,β-unsaturated/α-hetero) is 1. The molecule has 3 heterocycles. The van der Waals surface area contributed by atoms with E-state index in [-0.39, 0.29) is 36.8 Å². The summed E-state index contributed by atoms with van der Waals surface area (Å²) in [7, 11) is 0.